The fourth-order valence-corrected chi connectivity index (χ4v) is 1.77. The Kier molecular flexibility index (Phi) is 3.35. The predicted molar refractivity (Wildman–Crippen MR) is 73.2 cm³/mol. The number of nitrogens with one attached hydrogen (secondary N) is 1. The van der Waals surface area contributed by atoms with E-state index in [9.17, 15) is 15.2 Å². The fourth-order valence-electron chi connectivity index (χ4n) is 1.77. The summed E-state index contributed by atoms with van der Waals surface area (Å²) >= 11 is 0. The van der Waals surface area contributed by atoms with Gasteiger partial charge in [-0.15, -0.1) is 0 Å². The molecule has 0 bridgehead atoms. The van der Waals surface area contributed by atoms with Gasteiger partial charge in [-0.25, -0.2) is 4.98 Å². The summed E-state index contributed by atoms with van der Waals surface area (Å²) in [6.45, 7) is 3.71. The van der Waals surface area contributed by atoms with Gasteiger partial charge in [-0.3, -0.25) is 10.1 Å². The number of nitro benzene ring substituents is 1. The van der Waals surface area contributed by atoms with E-state index in [-0.39, 0.29) is 5.69 Å². The molecule has 100 valence electrons. The number of hydrogen-bond acceptors (Lipinski definition) is 5. The topological polar surface area (TPSA) is 88.3 Å². The van der Waals surface area contributed by atoms with Crippen molar-refractivity contribution in [2.45, 2.75) is 19.4 Å². The lowest BCUT2D eigenvalue weighted by atomic mass is 10.1. The van der Waals surface area contributed by atoms with Crippen LogP contribution in [0.25, 0.3) is 10.9 Å². The highest BCUT2D eigenvalue weighted by molar-refractivity contribution is 5.96. The van der Waals surface area contributed by atoms with Gasteiger partial charge in [0.05, 0.1) is 10.5 Å². The quantitative estimate of drug-likeness (QED) is 0.651. The van der Waals surface area contributed by atoms with E-state index in [0.29, 0.717) is 17.4 Å². The number of anilines is 1. The van der Waals surface area contributed by atoms with Gasteiger partial charge in [0.2, 0.25) is 0 Å². The zero-order valence-corrected chi connectivity index (χ0v) is 10.8. The van der Waals surface area contributed by atoms with Crippen LogP contribution in [0.1, 0.15) is 13.8 Å². The number of non-ortho nitro benzene ring substituents is 1. The molecule has 0 amide bonds. The van der Waals surface area contributed by atoms with E-state index in [1.807, 2.05) is 0 Å². The molecule has 2 aromatic rings. The summed E-state index contributed by atoms with van der Waals surface area (Å²) in [6, 6.07) is 6.55. The molecule has 0 spiro atoms. The molecular formula is C13H15N3O3. The van der Waals surface area contributed by atoms with E-state index in [2.05, 4.69) is 10.3 Å². The van der Waals surface area contributed by atoms with Gasteiger partial charge in [0.25, 0.3) is 5.69 Å². The number of pyridine rings is 1. The molecule has 0 saturated carbocycles. The third-order valence-corrected chi connectivity index (χ3v) is 2.66. The van der Waals surface area contributed by atoms with E-state index in [1.54, 1.807) is 32.0 Å². The molecule has 1 heterocycles. The van der Waals surface area contributed by atoms with Gasteiger partial charge in [-0.2, -0.15) is 0 Å². The fraction of sp³-hybridized carbons (Fsp3) is 0.308. The lowest BCUT2D eigenvalue weighted by Crippen LogP contribution is -2.29. The highest BCUT2D eigenvalue weighted by Gasteiger charge is 2.16. The molecule has 6 nitrogen and oxygen atoms in total. The summed E-state index contributed by atoms with van der Waals surface area (Å²) in [6.07, 6.45) is 1.52. The van der Waals surface area contributed by atoms with Crippen molar-refractivity contribution >= 4 is 22.3 Å². The van der Waals surface area contributed by atoms with Crippen molar-refractivity contribution in [3.8, 4) is 0 Å². The summed E-state index contributed by atoms with van der Waals surface area (Å²) in [5, 5.41) is 24.4. The maximum Gasteiger partial charge on any atom is 0.295 e. The first-order chi connectivity index (χ1) is 8.88. The molecule has 0 aliphatic heterocycles. The largest absolute Gasteiger partial charge is 0.389 e. The van der Waals surface area contributed by atoms with Gasteiger partial charge in [-0.05, 0) is 19.9 Å². The molecule has 1 aromatic carbocycles. The van der Waals surface area contributed by atoms with Crippen LogP contribution in [0.4, 0.5) is 11.4 Å². The SMILES string of the molecule is CC(C)(O)CNc1ccnc2c([N+](=O)[O-])cccc12. The highest BCUT2D eigenvalue weighted by Crippen LogP contribution is 2.28. The van der Waals surface area contributed by atoms with Gasteiger partial charge in [0.15, 0.2) is 0 Å². The molecule has 0 aliphatic carbocycles. The normalized spacial score (nSPS) is 11.5. The molecule has 1 aromatic heterocycles. The number of nitro groups is 1. The van der Waals surface area contributed by atoms with Crippen molar-refractivity contribution in [1.82, 2.24) is 4.98 Å². The molecule has 2 N–H and O–H groups in total. The van der Waals surface area contributed by atoms with Crippen LogP contribution in [0.5, 0.6) is 0 Å². The average molecular weight is 261 g/mol. The van der Waals surface area contributed by atoms with Crippen molar-refractivity contribution in [2.75, 3.05) is 11.9 Å². The number of hydrogen-bond donors (Lipinski definition) is 2. The third-order valence-electron chi connectivity index (χ3n) is 2.66. The number of fused-ring (bicyclic) bond motifs is 1. The first kappa shape index (κ1) is 13.2. The van der Waals surface area contributed by atoms with Crippen molar-refractivity contribution < 1.29 is 10.0 Å². The van der Waals surface area contributed by atoms with E-state index in [0.717, 1.165) is 5.69 Å². The molecule has 2 rings (SSSR count). The summed E-state index contributed by atoms with van der Waals surface area (Å²) < 4.78 is 0. The van der Waals surface area contributed by atoms with Gasteiger partial charge >= 0.3 is 0 Å². The van der Waals surface area contributed by atoms with Gasteiger partial charge in [-0.1, -0.05) is 12.1 Å². The lowest BCUT2D eigenvalue weighted by Gasteiger charge is -2.19. The third kappa shape index (κ3) is 2.97. The molecule has 0 radical (unpaired) electrons. The van der Waals surface area contributed by atoms with Crippen LogP contribution in [0.3, 0.4) is 0 Å². The molecule has 0 atom stereocenters. The van der Waals surface area contributed by atoms with Crippen molar-refractivity contribution in [2.24, 2.45) is 0 Å². The monoisotopic (exact) mass is 261 g/mol. The maximum atomic E-state index is 10.9. The predicted octanol–water partition coefficient (Wildman–Crippen LogP) is 2.33. The Bertz CT molecular complexity index is 620. The Balaban J connectivity index is 2.46. The van der Waals surface area contributed by atoms with Crippen LogP contribution < -0.4 is 5.32 Å². The minimum Gasteiger partial charge on any atom is -0.389 e. The second-order valence-electron chi connectivity index (χ2n) is 4.95. The van der Waals surface area contributed by atoms with Gasteiger partial charge in [0, 0.05) is 29.9 Å². The summed E-state index contributed by atoms with van der Waals surface area (Å²) in [7, 11) is 0. The average Bonchev–Trinajstić information content (AvgIpc) is 2.34. The molecule has 0 fully saturated rings. The van der Waals surface area contributed by atoms with Crippen LogP contribution >= 0.6 is 0 Å². The second-order valence-corrected chi connectivity index (χ2v) is 4.95. The summed E-state index contributed by atoms with van der Waals surface area (Å²) in [5.74, 6) is 0. The molecule has 0 unspecified atom stereocenters. The maximum absolute atomic E-state index is 10.9. The van der Waals surface area contributed by atoms with E-state index < -0.39 is 10.5 Å². The Morgan fingerprint density at radius 3 is 2.79 bits per heavy atom. The van der Waals surface area contributed by atoms with E-state index in [4.69, 9.17) is 0 Å². The lowest BCUT2D eigenvalue weighted by molar-refractivity contribution is -0.383. The number of rotatable bonds is 4. The van der Waals surface area contributed by atoms with E-state index >= 15 is 0 Å². The van der Waals surface area contributed by atoms with Crippen LogP contribution in [0.15, 0.2) is 30.5 Å². The smallest absolute Gasteiger partial charge is 0.295 e. The molecule has 0 saturated heterocycles. The zero-order valence-electron chi connectivity index (χ0n) is 10.8. The minimum atomic E-state index is -0.865. The Labute approximate surface area is 110 Å². The first-order valence-corrected chi connectivity index (χ1v) is 5.87. The summed E-state index contributed by atoms with van der Waals surface area (Å²) in [5.41, 5.74) is 0.171. The Morgan fingerprint density at radius 2 is 2.16 bits per heavy atom. The van der Waals surface area contributed by atoms with Crippen molar-refractivity contribution in [3.63, 3.8) is 0 Å². The first-order valence-electron chi connectivity index (χ1n) is 5.87. The van der Waals surface area contributed by atoms with Crippen LogP contribution in [0.2, 0.25) is 0 Å². The van der Waals surface area contributed by atoms with Crippen LogP contribution in [-0.4, -0.2) is 27.2 Å². The minimum absolute atomic E-state index is 0.0237. The molecule has 0 aliphatic rings. The molecular weight excluding hydrogens is 246 g/mol. The zero-order chi connectivity index (χ0) is 14.0. The second kappa shape index (κ2) is 4.81. The number of benzene rings is 1. The summed E-state index contributed by atoms with van der Waals surface area (Å²) in [4.78, 5) is 14.6. The van der Waals surface area contributed by atoms with Crippen molar-refractivity contribution in [1.29, 1.82) is 0 Å². The van der Waals surface area contributed by atoms with Crippen molar-refractivity contribution in [3.05, 3.63) is 40.6 Å². The number of nitrogens with zero attached hydrogens (tertiary/aromatic N) is 2. The highest BCUT2D eigenvalue weighted by atomic mass is 16.6. The Morgan fingerprint density at radius 1 is 1.42 bits per heavy atom. The Hall–Kier alpha value is -2.21. The van der Waals surface area contributed by atoms with Gasteiger partial charge in [0.1, 0.15) is 5.52 Å². The van der Waals surface area contributed by atoms with Gasteiger partial charge < -0.3 is 10.4 Å². The number of aliphatic hydroxyl groups is 1. The molecule has 6 heteroatoms. The number of aromatic nitrogens is 1. The number of para-hydroxylation sites is 1. The van der Waals surface area contributed by atoms with E-state index in [1.165, 1.54) is 12.3 Å². The van der Waals surface area contributed by atoms with Crippen LogP contribution in [0, 0.1) is 10.1 Å². The standard InChI is InChI=1S/C13H15N3O3/c1-13(2,17)8-15-10-6-7-14-12-9(10)4-3-5-11(12)16(18)19/h3-7,17H,8H2,1-2H3,(H,14,15). The van der Waals surface area contributed by atoms with Crippen LogP contribution in [-0.2, 0) is 0 Å². The molecule has 19 heavy (non-hydrogen) atoms.